The first kappa shape index (κ1) is 20.2. The SMILES string of the molecule is C=CCCOC1(CNC=C)CN(C(=C)N(C)C(C(=C)N)C(C)C)C1. The number of ether oxygens (including phenoxy) is 1. The molecule has 0 aromatic carbocycles. The molecule has 0 radical (unpaired) electrons. The van der Waals surface area contributed by atoms with Crippen LogP contribution in [0.25, 0.3) is 0 Å². The molecule has 1 rings (SSSR count). The lowest BCUT2D eigenvalue weighted by atomic mass is 9.93. The maximum Gasteiger partial charge on any atom is 0.120 e. The summed E-state index contributed by atoms with van der Waals surface area (Å²) in [5, 5.41) is 3.17. The van der Waals surface area contributed by atoms with Gasteiger partial charge in [-0.2, -0.15) is 0 Å². The molecule has 1 saturated heterocycles. The molecule has 0 bridgehead atoms. The highest BCUT2D eigenvalue weighted by Gasteiger charge is 2.45. The first-order chi connectivity index (χ1) is 11.3. The third-order valence-corrected chi connectivity index (χ3v) is 4.46. The highest BCUT2D eigenvalue weighted by molar-refractivity contribution is 5.13. The third kappa shape index (κ3) is 4.81. The molecule has 1 aliphatic heterocycles. The molecule has 0 aliphatic carbocycles. The van der Waals surface area contributed by atoms with Crippen LogP contribution in [0.2, 0.25) is 0 Å². The van der Waals surface area contributed by atoms with E-state index in [1.54, 1.807) is 6.20 Å². The zero-order valence-corrected chi connectivity index (χ0v) is 15.6. The second-order valence-corrected chi connectivity index (χ2v) is 6.84. The minimum atomic E-state index is -0.214. The van der Waals surface area contributed by atoms with E-state index in [4.69, 9.17) is 10.5 Å². The van der Waals surface area contributed by atoms with Crippen LogP contribution in [0.15, 0.2) is 50.1 Å². The predicted octanol–water partition coefficient (Wildman–Crippen LogP) is 2.27. The van der Waals surface area contributed by atoms with Crippen LogP contribution in [0.1, 0.15) is 20.3 Å². The summed E-state index contributed by atoms with van der Waals surface area (Å²) < 4.78 is 6.10. The van der Waals surface area contributed by atoms with Gasteiger partial charge in [-0.15, -0.1) is 6.58 Å². The van der Waals surface area contributed by atoms with Crippen molar-refractivity contribution in [2.24, 2.45) is 11.7 Å². The fourth-order valence-electron chi connectivity index (χ4n) is 3.21. The fourth-order valence-corrected chi connectivity index (χ4v) is 3.21. The van der Waals surface area contributed by atoms with Crippen LogP contribution in [-0.2, 0) is 4.74 Å². The summed E-state index contributed by atoms with van der Waals surface area (Å²) in [6, 6.07) is 0.0699. The van der Waals surface area contributed by atoms with Crippen LogP contribution in [0.4, 0.5) is 0 Å². The molecule has 5 heteroatoms. The van der Waals surface area contributed by atoms with E-state index in [1.807, 2.05) is 13.1 Å². The first-order valence-electron chi connectivity index (χ1n) is 8.48. The van der Waals surface area contributed by atoms with Crippen molar-refractivity contribution >= 4 is 0 Å². The van der Waals surface area contributed by atoms with Gasteiger partial charge in [-0.05, 0) is 18.5 Å². The number of hydrogen-bond acceptors (Lipinski definition) is 5. The van der Waals surface area contributed by atoms with E-state index in [0.29, 0.717) is 18.2 Å². The Balaban J connectivity index is 2.69. The molecule has 1 heterocycles. The monoisotopic (exact) mass is 334 g/mol. The fraction of sp³-hybridized carbons (Fsp3) is 0.579. The van der Waals surface area contributed by atoms with Gasteiger partial charge in [-0.3, -0.25) is 0 Å². The molecule has 1 aliphatic rings. The summed E-state index contributed by atoms with van der Waals surface area (Å²) in [5.41, 5.74) is 6.43. The Morgan fingerprint density at radius 3 is 2.46 bits per heavy atom. The summed E-state index contributed by atoms with van der Waals surface area (Å²) in [6.45, 7) is 22.9. The van der Waals surface area contributed by atoms with Crippen molar-refractivity contribution < 1.29 is 4.74 Å². The van der Waals surface area contributed by atoms with Gasteiger partial charge in [-0.1, -0.05) is 39.7 Å². The second kappa shape index (κ2) is 8.83. The van der Waals surface area contributed by atoms with Gasteiger partial charge < -0.3 is 25.6 Å². The molecule has 0 saturated carbocycles. The average molecular weight is 335 g/mol. The minimum Gasteiger partial charge on any atom is -0.401 e. The second-order valence-electron chi connectivity index (χ2n) is 6.84. The Morgan fingerprint density at radius 1 is 1.38 bits per heavy atom. The Morgan fingerprint density at radius 2 is 2.00 bits per heavy atom. The molecule has 5 nitrogen and oxygen atoms in total. The molecule has 24 heavy (non-hydrogen) atoms. The molecule has 0 spiro atoms. The van der Waals surface area contributed by atoms with E-state index in [2.05, 4.69) is 55.3 Å². The highest BCUT2D eigenvalue weighted by atomic mass is 16.5. The average Bonchev–Trinajstić information content (AvgIpc) is 2.47. The number of nitrogens with one attached hydrogen (secondary N) is 1. The van der Waals surface area contributed by atoms with Crippen LogP contribution in [0.3, 0.4) is 0 Å². The molecule has 0 aromatic rings. The van der Waals surface area contributed by atoms with Gasteiger partial charge in [0, 0.05) is 19.3 Å². The molecular weight excluding hydrogens is 300 g/mol. The van der Waals surface area contributed by atoms with Crippen molar-refractivity contribution in [2.75, 3.05) is 33.3 Å². The van der Waals surface area contributed by atoms with Crippen LogP contribution in [-0.4, -0.2) is 54.7 Å². The lowest BCUT2D eigenvalue weighted by Crippen LogP contribution is -2.67. The molecule has 0 aromatic heterocycles. The molecule has 3 N–H and O–H groups in total. The van der Waals surface area contributed by atoms with Gasteiger partial charge in [0.15, 0.2) is 0 Å². The largest absolute Gasteiger partial charge is 0.401 e. The van der Waals surface area contributed by atoms with Crippen LogP contribution in [0.5, 0.6) is 0 Å². The van der Waals surface area contributed by atoms with E-state index in [0.717, 1.165) is 31.9 Å². The van der Waals surface area contributed by atoms with Gasteiger partial charge in [0.1, 0.15) is 5.60 Å². The first-order valence-corrected chi connectivity index (χ1v) is 8.48. The van der Waals surface area contributed by atoms with Gasteiger partial charge >= 0.3 is 0 Å². The maximum atomic E-state index is 6.10. The topological polar surface area (TPSA) is 53.8 Å². The zero-order chi connectivity index (χ0) is 18.3. The Bertz CT molecular complexity index is 466. The van der Waals surface area contributed by atoms with E-state index in [-0.39, 0.29) is 11.6 Å². The number of likely N-dealkylation sites (N-methyl/N-ethyl adjacent to an activating group) is 1. The molecular formula is C19H34N4O. The normalized spacial score (nSPS) is 16.9. The Labute approximate surface area is 147 Å². The Hall–Kier alpha value is -1.88. The number of nitrogens with two attached hydrogens (primary N) is 1. The van der Waals surface area contributed by atoms with E-state index < -0.39 is 0 Å². The molecule has 136 valence electrons. The van der Waals surface area contributed by atoms with E-state index in [1.165, 1.54) is 0 Å². The van der Waals surface area contributed by atoms with Crippen molar-refractivity contribution in [3.63, 3.8) is 0 Å². The summed E-state index contributed by atoms with van der Waals surface area (Å²) in [4.78, 5) is 4.33. The minimum absolute atomic E-state index is 0.0699. The van der Waals surface area contributed by atoms with Crippen LogP contribution < -0.4 is 11.1 Å². The lowest BCUT2D eigenvalue weighted by molar-refractivity contribution is -0.135. The maximum absolute atomic E-state index is 6.10. The summed E-state index contributed by atoms with van der Waals surface area (Å²) in [7, 11) is 2.02. The molecule has 1 atom stereocenters. The summed E-state index contributed by atoms with van der Waals surface area (Å²) >= 11 is 0. The smallest absolute Gasteiger partial charge is 0.120 e. The van der Waals surface area contributed by atoms with Crippen molar-refractivity contribution in [3.05, 3.63) is 50.1 Å². The molecule has 1 fully saturated rings. The van der Waals surface area contributed by atoms with Crippen LogP contribution >= 0.6 is 0 Å². The van der Waals surface area contributed by atoms with Crippen molar-refractivity contribution in [1.29, 1.82) is 0 Å². The highest BCUT2D eigenvalue weighted by Crippen LogP contribution is 2.31. The van der Waals surface area contributed by atoms with Crippen LogP contribution in [0, 0.1) is 5.92 Å². The Kier molecular flexibility index (Phi) is 7.42. The number of rotatable bonds is 12. The number of likely N-dealkylation sites (tertiary alicyclic amines) is 1. The van der Waals surface area contributed by atoms with Gasteiger partial charge in [0.05, 0.1) is 31.6 Å². The number of hydrogen-bond donors (Lipinski definition) is 2. The van der Waals surface area contributed by atoms with Crippen molar-refractivity contribution in [3.8, 4) is 0 Å². The standard InChI is InChI=1S/C19H34N4O/c1-8-10-11-24-19(12-21-9-2)13-23(14-19)17(6)22(7)18(15(3)4)16(5)20/h8-9,15,18,21H,1-2,5-6,10-14,20H2,3-4,7H3. The van der Waals surface area contributed by atoms with Gasteiger partial charge in [-0.25, -0.2) is 0 Å². The lowest BCUT2D eigenvalue weighted by Gasteiger charge is -2.53. The zero-order valence-electron chi connectivity index (χ0n) is 15.6. The van der Waals surface area contributed by atoms with Crippen molar-refractivity contribution in [1.82, 2.24) is 15.1 Å². The van der Waals surface area contributed by atoms with Crippen molar-refractivity contribution in [2.45, 2.75) is 31.9 Å². The van der Waals surface area contributed by atoms with E-state index >= 15 is 0 Å². The third-order valence-electron chi connectivity index (χ3n) is 4.46. The number of nitrogens with zero attached hydrogens (tertiary/aromatic N) is 2. The van der Waals surface area contributed by atoms with Gasteiger partial charge in [0.2, 0.25) is 0 Å². The summed E-state index contributed by atoms with van der Waals surface area (Å²) in [5.74, 6) is 1.31. The van der Waals surface area contributed by atoms with E-state index in [9.17, 15) is 0 Å². The molecule has 0 amide bonds. The predicted molar refractivity (Wildman–Crippen MR) is 102 cm³/mol. The van der Waals surface area contributed by atoms with Gasteiger partial charge in [0.25, 0.3) is 0 Å². The summed E-state index contributed by atoms with van der Waals surface area (Å²) in [6.07, 6.45) is 4.42. The molecule has 1 unspecified atom stereocenters. The quantitative estimate of drug-likeness (QED) is 0.423.